The number of rotatable bonds is 1. The molecule has 0 radical (unpaired) electrons. The Morgan fingerprint density at radius 3 is 2.50 bits per heavy atom. The van der Waals surface area contributed by atoms with Crippen molar-refractivity contribution in [2.75, 3.05) is 0 Å². The van der Waals surface area contributed by atoms with Gasteiger partial charge in [-0.3, -0.25) is 0 Å². The Morgan fingerprint density at radius 2 is 1.86 bits per heavy atom. The summed E-state index contributed by atoms with van der Waals surface area (Å²) in [4.78, 5) is 0. The molecule has 1 aliphatic carbocycles. The third kappa shape index (κ3) is 6.76. The number of allylic oxidation sites excluding steroid dienone is 6. The first-order valence-electron chi connectivity index (χ1n) is 8.32. The number of aliphatic hydroxyl groups is 2. The van der Waals surface area contributed by atoms with Gasteiger partial charge in [0.05, 0.1) is 11.7 Å². The summed E-state index contributed by atoms with van der Waals surface area (Å²) < 4.78 is 0. The summed E-state index contributed by atoms with van der Waals surface area (Å²) in [5.41, 5.74) is 2.62. The van der Waals surface area contributed by atoms with Gasteiger partial charge in [0.25, 0.3) is 0 Å². The van der Waals surface area contributed by atoms with Gasteiger partial charge in [-0.05, 0) is 51.5 Å². The summed E-state index contributed by atoms with van der Waals surface area (Å²) in [7, 11) is 0. The molecule has 1 aliphatic rings. The van der Waals surface area contributed by atoms with E-state index in [9.17, 15) is 10.2 Å². The predicted octanol–water partition coefficient (Wildman–Crippen LogP) is 4.70. The van der Waals surface area contributed by atoms with Crippen LogP contribution in [0.1, 0.15) is 60.3 Å². The maximum absolute atomic E-state index is 10.5. The Kier molecular flexibility index (Phi) is 7.31. The highest BCUT2D eigenvalue weighted by molar-refractivity contribution is 5.23. The van der Waals surface area contributed by atoms with Gasteiger partial charge in [0.2, 0.25) is 0 Å². The summed E-state index contributed by atoms with van der Waals surface area (Å²) in [5, 5.41) is 21.0. The van der Waals surface area contributed by atoms with E-state index in [1.54, 1.807) is 6.92 Å². The molecule has 22 heavy (non-hydrogen) atoms. The minimum Gasteiger partial charge on any atom is -0.389 e. The second kappa shape index (κ2) is 8.50. The molecule has 0 fully saturated rings. The molecule has 124 valence electrons. The fraction of sp³-hybridized carbons (Fsp3) is 0.600. The van der Waals surface area contributed by atoms with Crippen LogP contribution in [-0.4, -0.2) is 21.9 Å². The third-order valence-electron chi connectivity index (χ3n) is 4.17. The van der Waals surface area contributed by atoms with E-state index in [4.69, 9.17) is 0 Å². The summed E-state index contributed by atoms with van der Waals surface area (Å²) in [6.45, 7) is 10.2. The van der Waals surface area contributed by atoms with Crippen molar-refractivity contribution in [1.29, 1.82) is 0 Å². The van der Waals surface area contributed by atoms with Gasteiger partial charge in [0.15, 0.2) is 0 Å². The SMILES string of the molecule is CC1=CCCC(C)=CC=C(C(C)C)C(O)CC(C)(O)C=CC1. The van der Waals surface area contributed by atoms with Gasteiger partial charge < -0.3 is 10.2 Å². The molecular weight excluding hydrogens is 272 g/mol. The number of hydrogen-bond donors (Lipinski definition) is 2. The van der Waals surface area contributed by atoms with E-state index in [0.29, 0.717) is 6.42 Å². The van der Waals surface area contributed by atoms with Crippen LogP contribution in [0.3, 0.4) is 0 Å². The molecular formula is C20H32O2. The largest absolute Gasteiger partial charge is 0.389 e. The smallest absolute Gasteiger partial charge is 0.0827 e. The van der Waals surface area contributed by atoms with Gasteiger partial charge in [0.1, 0.15) is 0 Å². The van der Waals surface area contributed by atoms with E-state index < -0.39 is 11.7 Å². The van der Waals surface area contributed by atoms with Crippen LogP contribution >= 0.6 is 0 Å². The van der Waals surface area contributed by atoms with Gasteiger partial charge >= 0.3 is 0 Å². The van der Waals surface area contributed by atoms with Gasteiger partial charge in [-0.25, -0.2) is 0 Å². The van der Waals surface area contributed by atoms with Crippen molar-refractivity contribution in [3.8, 4) is 0 Å². The van der Waals surface area contributed by atoms with Crippen molar-refractivity contribution < 1.29 is 10.2 Å². The molecule has 1 rings (SSSR count). The van der Waals surface area contributed by atoms with Crippen LogP contribution in [-0.2, 0) is 0 Å². The zero-order valence-corrected chi connectivity index (χ0v) is 14.8. The van der Waals surface area contributed by atoms with E-state index >= 15 is 0 Å². The molecule has 2 heteroatoms. The first-order chi connectivity index (χ1) is 10.2. The molecule has 0 aliphatic heterocycles. The molecule has 0 aromatic heterocycles. The lowest BCUT2D eigenvalue weighted by Gasteiger charge is -2.26. The van der Waals surface area contributed by atoms with Crippen LogP contribution in [0.15, 0.2) is 47.1 Å². The van der Waals surface area contributed by atoms with Gasteiger partial charge in [-0.1, -0.05) is 55.4 Å². The maximum Gasteiger partial charge on any atom is 0.0827 e. The lowest BCUT2D eigenvalue weighted by Crippen LogP contribution is -2.30. The van der Waals surface area contributed by atoms with Gasteiger partial charge in [-0.2, -0.15) is 0 Å². The van der Waals surface area contributed by atoms with E-state index in [1.807, 2.05) is 18.2 Å². The second-order valence-electron chi connectivity index (χ2n) is 7.11. The molecule has 0 spiro atoms. The molecule has 2 N–H and O–H groups in total. The molecule has 0 heterocycles. The van der Waals surface area contributed by atoms with Crippen molar-refractivity contribution in [3.63, 3.8) is 0 Å². The molecule has 0 aromatic rings. The summed E-state index contributed by atoms with van der Waals surface area (Å²) in [5.74, 6) is 0.258. The van der Waals surface area contributed by atoms with Crippen LogP contribution in [0.4, 0.5) is 0 Å². The summed E-state index contributed by atoms with van der Waals surface area (Å²) in [6, 6.07) is 0. The van der Waals surface area contributed by atoms with E-state index in [1.165, 1.54) is 11.1 Å². The third-order valence-corrected chi connectivity index (χ3v) is 4.17. The normalized spacial score (nSPS) is 28.7. The highest BCUT2D eigenvalue weighted by Gasteiger charge is 2.24. The lowest BCUT2D eigenvalue weighted by molar-refractivity contribution is 0.0506. The van der Waals surface area contributed by atoms with Crippen molar-refractivity contribution in [3.05, 3.63) is 47.1 Å². The van der Waals surface area contributed by atoms with Crippen LogP contribution in [0.2, 0.25) is 0 Å². The van der Waals surface area contributed by atoms with E-state index in [-0.39, 0.29) is 5.92 Å². The average Bonchev–Trinajstić information content (AvgIpc) is 2.36. The van der Waals surface area contributed by atoms with Crippen LogP contribution in [0.5, 0.6) is 0 Å². The summed E-state index contributed by atoms with van der Waals surface area (Å²) in [6.07, 6.45) is 12.9. The van der Waals surface area contributed by atoms with Crippen molar-refractivity contribution >= 4 is 0 Å². The highest BCUT2D eigenvalue weighted by Crippen LogP contribution is 2.24. The minimum absolute atomic E-state index is 0.258. The predicted molar refractivity (Wildman–Crippen MR) is 94.7 cm³/mol. The molecule has 2 atom stereocenters. The highest BCUT2D eigenvalue weighted by atomic mass is 16.3. The quantitative estimate of drug-likeness (QED) is 0.689. The molecule has 0 bridgehead atoms. The van der Waals surface area contributed by atoms with Crippen LogP contribution < -0.4 is 0 Å². The molecule has 0 saturated heterocycles. The van der Waals surface area contributed by atoms with Crippen molar-refractivity contribution in [2.24, 2.45) is 5.92 Å². The Hall–Kier alpha value is -1.12. The number of aliphatic hydroxyl groups excluding tert-OH is 1. The van der Waals surface area contributed by atoms with E-state index in [0.717, 1.165) is 24.8 Å². The lowest BCUT2D eigenvalue weighted by atomic mass is 9.88. The Labute approximate surface area is 135 Å². The molecule has 2 nitrogen and oxygen atoms in total. The topological polar surface area (TPSA) is 40.5 Å². The molecule has 0 amide bonds. The van der Waals surface area contributed by atoms with Gasteiger partial charge in [0, 0.05) is 6.42 Å². The Balaban J connectivity index is 3.10. The average molecular weight is 304 g/mol. The minimum atomic E-state index is -0.990. The van der Waals surface area contributed by atoms with E-state index in [2.05, 4.69) is 39.8 Å². The van der Waals surface area contributed by atoms with Crippen molar-refractivity contribution in [2.45, 2.75) is 72.0 Å². The van der Waals surface area contributed by atoms with Crippen LogP contribution in [0, 0.1) is 5.92 Å². The molecule has 0 saturated carbocycles. The van der Waals surface area contributed by atoms with Crippen molar-refractivity contribution in [1.82, 2.24) is 0 Å². The zero-order valence-electron chi connectivity index (χ0n) is 14.8. The molecule has 0 aromatic carbocycles. The monoisotopic (exact) mass is 304 g/mol. The first-order valence-corrected chi connectivity index (χ1v) is 8.32. The second-order valence-corrected chi connectivity index (χ2v) is 7.11. The summed E-state index contributed by atoms with van der Waals surface area (Å²) >= 11 is 0. The fourth-order valence-electron chi connectivity index (χ4n) is 2.72. The van der Waals surface area contributed by atoms with Crippen LogP contribution in [0.25, 0.3) is 0 Å². The Bertz CT molecular complexity index is 476. The number of hydrogen-bond acceptors (Lipinski definition) is 2. The zero-order chi connectivity index (χ0) is 16.8. The first kappa shape index (κ1) is 18.9. The fourth-order valence-corrected chi connectivity index (χ4v) is 2.72. The standard InChI is InChI=1S/C20H32O2/c1-15(2)18-12-11-17(4)9-6-8-16(3)10-7-13-20(5,22)14-19(18)21/h7-8,11-13,15,19,21-22H,6,9-10,14H2,1-5H3. The Morgan fingerprint density at radius 1 is 1.18 bits per heavy atom. The maximum atomic E-state index is 10.5. The van der Waals surface area contributed by atoms with Gasteiger partial charge in [-0.15, -0.1) is 0 Å². The molecule has 2 unspecified atom stereocenters.